The minimum absolute atomic E-state index is 0.783. The summed E-state index contributed by atoms with van der Waals surface area (Å²) in [4.78, 5) is 8.19. The van der Waals surface area contributed by atoms with Crippen LogP contribution < -0.4 is 5.32 Å². The largest absolute Gasteiger partial charge is 0.344 e. The van der Waals surface area contributed by atoms with Gasteiger partial charge in [-0.3, -0.25) is 4.99 Å². The van der Waals surface area contributed by atoms with E-state index in [0.717, 1.165) is 18.1 Å². The van der Waals surface area contributed by atoms with E-state index in [9.17, 15) is 0 Å². The van der Waals surface area contributed by atoms with Crippen molar-refractivity contribution in [3.63, 3.8) is 0 Å². The number of rotatable bonds is 1. The van der Waals surface area contributed by atoms with Crippen LogP contribution >= 0.6 is 0 Å². The first-order valence-electron chi connectivity index (χ1n) is 3.38. The van der Waals surface area contributed by atoms with Crippen molar-refractivity contribution in [2.75, 3.05) is 6.54 Å². The average Bonchev–Trinajstić information content (AvgIpc) is 2.36. The molecule has 0 saturated carbocycles. The summed E-state index contributed by atoms with van der Waals surface area (Å²) >= 11 is 0. The second-order valence-electron chi connectivity index (χ2n) is 1.90. The lowest BCUT2D eigenvalue weighted by molar-refractivity contribution is 1.12. The summed E-state index contributed by atoms with van der Waals surface area (Å²) in [7, 11) is 0. The summed E-state index contributed by atoms with van der Waals surface area (Å²) < 4.78 is 0. The lowest BCUT2D eigenvalue weighted by atomic mass is 10.4. The van der Waals surface area contributed by atoms with Crippen LogP contribution in [0.5, 0.6) is 0 Å². The van der Waals surface area contributed by atoms with Gasteiger partial charge in [0.1, 0.15) is 0 Å². The van der Waals surface area contributed by atoms with Crippen LogP contribution in [0.15, 0.2) is 21.8 Å². The van der Waals surface area contributed by atoms with E-state index in [1.54, 1.807) is 6.34 Å². The molecule has 0 bridgehead atoms. The SMILES string of the molecule is C/C=C1/NC=N/C1=N/CC. The molecule has 54 valence electrons. The molecule has 1 rings (SSSR count). The van der Waals surface area contributed by atoms with Crippen LogP contribution in [0.3, 0.4) is 0 Å². The predicted molar refractivity (Wildman–Crippen MR) is 43.4 cm³/mol. The quantitative estimate of drug-likeness (QED) is 0.573. The van der Waals surface area contributed by atoms with Gasteiger partial charge in [0.25, 0.3) is 0 Å². The molecule has 0 radical (unpaired) electrons. The maximum Gasteiger partial charge on any atom is 0.172 e. The zero-order chi connectivity index (χ0) is 7.40. The Balaban J connectivity index is 2.76. The fraction of sp³-hybridized carbons (Fsp3) is 0.429. The number of aliphatic imine (C=N–C) groups is 2. The van der Waals surface area contributed by atoms with Crippen molar-refractivity contribution in [2.45, 2.75) is 13.8 Å². The van der Waals surface area contributed by atoms with E-state index < -0.39 is 0 Å². The van der Waals surface area contributed by atoms with E-state index in [2.05, 4.69) is 15.3 Å². The average molecular weight is 137 g/mol. The molecular formula is C7H11N3. The van der Waals surface area contributed by atoms with E-state index >= 15 is 0 Å². The fourth-order valence-corrected chi connectivity index (χ4v) is 0.785. The highest BCUT2D eigenvalue weighted by molar-refractivity contribution is 6.07. The molecule has 0 spiro atoms. The Hall–Kier alpha value is -1.12. The number of amidine groups is 1. The summed E-state index contributed by atoms with van der Waals surface area (Å²) in [6.45, 7) is 4.74. The number of nitrogens with zero attached hydrogens (tertiary/aromatic N) is 2. The molecule has 0 amide bonds. The number of nitrogens with one attached hydrogen (secondary N) is 1. The fourth-order valence-electron chi connectivity index (χ4n) is 0.785. The second kappa shape index (κ2) is 3.15. The van der Waals surface area contributed by atoms with Crippen LogP contribution in [0.4, 0.5) is 0 Å². The first kappa shape index (κ1) is 6.99. The molecule has 1 N–H and O–H groups in total. The highest BCUT2D eigenvalue weighted by atomic mass is 15.1. The molecule has 0 aliphatic carbocycles. The van der Waals surface area contributed by atoms with Crippen LogP contribution in [-0.4, -0.2) is 18.7 Å². The van der Waals surface area contributed by atoms with Crippen LogP contribution in [-0.2, 0) is 0 Å². The smallest absolute Gasteiger partial charge is 0.172 e. The summed E-state index contributed by atoms with van der Waals surface area (Å²) in [6.07, 6.45) is 3.62. The van der Waals surface area contributed by atoms with Crippen molar-refractivity contribution in [1.29, 1.82) is 0 Å². The molecule has 0 atom stereocenters. The molecule has 1 aliphatic rings. The number of allylic oxidation sites excluding steroid dienone is 1. The van der Waals surface area contributed by atoms with E-state index in [0.29, 0.717) is 0 Å². The molecule has 10 heavy (non-hydrogen) atoms. The lowest BCUT2D eigenvalue weighted by Gasteiger charge is -1.94. The third-order valence-electron chi connectivity index (χ3n) is 1.24. The maximum atomic E-state index is 4.16. The van der Waals surface area contributed by atoms with Crippen molar-refractivity contribution in [2.24, 2.45) is 9.98 Å². The summed E-state index contributed by atoms with van der Waals surface area (Å²) in [5.74, 6) is 0.810. The molecule has 1 aliphatic heterocycles. The molecule has 3 nitrogen and oxygen atoms in total. The van der Waals surface area contributed by atoms with Crippen molar-refractivity contribution in [3.05, 3.63) is 11.8 Å². The van der Waals surface area contributed by atoms with Crippen molar-refractivity contribution in [3.8, 4) is 0 Å². The van der Waals surface area contributed by atoms with Crippen LogP contribution in [0.1, 0.15) is 13.8 Å². The summed E-state index contributed by atoms with van der Waals surface area (Å²) in [6, 6.07) is 0. The summed E-state index contributed by atoms with van der Waals surface area (Å²) in [5.41, 5.74) is 1.00. The molecule has 0 aromatic carbocycles. The van der Waals surface area contributed by atoms with Crippen LogP contribution in [0, 0.1) is 0 Å². The van der Waals surface area contributed by atoms with Crippen molar-refractivity contribution < 1.29 is 0 Å². The van der Waals surface area contributed by atoms with Gasteiger partial charge in [-0.15, -0.1) is 0 Å². The van der Waals surface area contributed by atoms with Gasteiger partial charge in [-0.25, -0.2) is 4.99 Å². The molecular weight excluding hydrogens is 126 g/mol. The standard InChI is InChI=1S/C7H11N3/c1-3-6-7(8-4-2)10-5-9-6/h3,5H,4H2,1-2H3,(H,8,9,10)/b6-3+. The minimum atomic E-state index is 0.783. The second-order valence-corrected chi connectivity index (χ2v) is 1.90. The molecule has 1 heterocycles. The Kier molecular flexibility index (Phi) is 2.20. The molecule has 0 unspecified atom stereocenters. The van der Waals surface area contributed by atoms with Crippen LogP contribution in [0.2, 0.25) is 0 Å². The first-order chi connectivity index (χ1) is 4.88. The van der Waals surface area contributed by atoms with E-state index in [4.69, 9.17) is 0 Å². The zero-order valence-corrected chi connectivity index (χ0v) is 6.26. The Morgan fingerprint density at radius 1 is 1.80 bits per heavy atom. The third kappa shape index (κ3) is 1.23. The molecule has 0 saturated heterocycles. The van der Waals surface area contributed by atoms with Crippen LogP contribution in [0.25, 0.3) is 0 Å². The third-order valence-corrected chi connectivity index (χ3v) is 1.24. The van der Waals surface area contributed by atoms with Gasteiger partial charge in [-0.05, 0) is 13.8 Å². The molecule has 3 heteroatoms. The molecule has 0 fully saturated rings. The van der Waals surface area contributed by atoms with E-state index in [-0.39, 0.29) is 0 Å². The Bertz CT molecular complexity index is 201. The Morgan fingerprint density at radius 2 is 2.60 bits per heavy atom. The monoisotopic (exact) mass is 137 g/mol. The van der Waals surface area contributed by atoms with Gasteiger partial charge in [0, 0.05) is 6.54 Å². The normalized spacial score (nSPS) is 24.2. The van der Waals surface area contributed by atoms with Gasteiger partial charge >= 0.3 is 0 Å². The lowest BCUT2D eigenvalue weighted by Crippen LogP contribution is -2.07. The van der Waals surface area contributed by atoms with Gasteiger partial charge in [0.15, 0.2) is 5.84 Å². The highest BCUT2D eigenvalue weighted by Gasteiger charge is 2.06. The van der Waals surface area contributed by atoms with Gasteiger partial charge < -0.3 is 5.32 Å². The van der Waals surface area contributed by atoms with Gasteiger partial charge in [0.2, 0.25) is 0 Å². The van der Waals surface area contributed by atoms with Gasteiger partial charge in [0.05, 0.1) is 12.0 Å². The van der Waals surface area contributed by atoms with Gasteiger partial charge in [-0.2, -0.15) is 0 Å². The topological polar surface area (TPSA) is 36.8 Å². The highest BCUT2D eigenvalue weighted by Crippen LogP contribution is 1.99. The van der Waals surface area contributed by atoms with Crippen molar-refractivity contribution >= 4 is 12.2 Å². The Labute approximate surface area is 60.6 Å². The molecule has 0 aromatic heterocycles. The number of hydrogen-bond acceptors (Lipinski definition) is 2. The predicted octanol–water partition coefficient (Wildman–Crippen LogP) is 0.940. The van der Waals surface area contributed by atoms with E-state index in [1.165, 1.54) is 0 Å². The van der Waals surface area contributed by atoms with Crippen molar-refractivity contribution in [1.82, 2.24) is 5.32 Å². The van der Waals surface area contributed by atoms with Gasteiger partial charge in [-0.1, -0.05) is 6.08 Å². The molecule has 0 aromatic rings. The maximum absolute atomic E-state index is 4.16. The van der Waals surface area contributed by atoms with E-state index in [1.807, 2.05) is 19.9 Å². The first-order valence-corrected chi connectivity index (χ1v) is 3.38. The summed E-state index contributed by atoms with van der Waals surface area (Å²) in [5, 5.41) is 2.98. The Morgan fingerprint density at radius 3 is 3.20 bits per heavy atom. The minimum Gasteiger partial charge on any atom is -0.344 e. The number of hydrogen-bond donors (Lipinski definition) is 1. The zero-order valence-electron chi connectivity index (χ0n) is 6.26.